The van der Waals surface area contributed by atoms with Crippen LogP contribution in [0.5, 0.6) is 0 Å². The molecule has 0 aromatic rings. The number of hydrogen-bond donors (Lipinski definition) is 0. The zero-order chi connectivity index (χ0) is 13.8. The number of carbonyl (C=O) groups excluding carboxylic acids is 2. The number of likely N-dealkylation sites (tertiary alicyclic amines) is 1. The summed E-state index contributed by atoms with van der Waals surface area (Å²) in [6.07, 6.45) is 0.0316. The largest absolute Gasteiger partial charge is 0.468 e. The SMILES string of the molecule is COC(=O)CN1CCN(C(=O)N2CCCC2F)CC1. The lowest BCUT2D eigenvalue weighted by molar-refractivity contribution is -0.142. The fourth-order valence-electron chi connectivity index (χ4n) is 2.47. The third-order valence-electron chi connectivity index (χ3n) is 3.65. The van der Waals surface area contributed by atoms with Gasteiger partial charge >= 0.3 is 12.0 Å². The standard InChI is InChI=1S/C12H20FN3O3/c1-19-11(17)9-14-5-7-15(8-6-14)12(18)16-4-2-3-10(16)13/h10H,2-9H2,1H3. The Kier molecular flexibility index (Phi) is 4.57. The van der Waals surface area contributed by atoms with Gasteiger partial charge in [0.1, 0.15) is 0 Å². The molecular formula is C12H20FN3O3. The zero-order valence-corrected chi connectivity index (χ0v) is 11.2. The van der Waals surface area contributed by atoms with Crippen molar-refractivity contribution in [3.8, 4) is 0 Å². The number of amides is 2. The van der Waals surface area contributed by atoms with E-state index in [9.17, 15) is 14.0 Å². The van der Waals surface area contributed by atoms with Crippen LogP contribution in [0.15, 0.2) is 0 Å². The van der Waals surface area contributed by atoms with Gasteiger partial charge < -0.3 is 9.64 Å². The fraction of sp³-hybridized carbons (Fsp3) is 0.833. The van der Waals surface area contributed by atoms with E-state index < -0.39 is 6.30 Å². The topological polar surface area (TPSA) is 53.1 Å². The number of rotatable bonds is 2. The molecule has 2 amide bonds. The molecule has 6 nitrogen and oxygen atoms in total. The third-order valence-corrected chi connectivity index (χ3v) is 3.65. The lowest BCUT2D eigenvalue weighted by Crippen LogP contribution is -2.54. The van der Waals surface area contributed by atoms with Gasteiger partial charge in [0, 0.05) is 32.7 Å². The highest BCUT2D eigenvalue weighted by Crippen LogP contribution is 2.20. The summed E-state index contributed by atoms with van der Waals surface area (Å²) in [6, 6.07) is -0.220. The number of alkyl halides is 1. The van der Waals surface area contributed by atoms with E-state index in [-0.39, 0.29) is 18.5 Å². The van der Waals surface area contributed by atoms with Crippen molar-refractivity contribution in [2.75, 3.05) is 46.4 Å². The first-order valence-corrected chi connectivity index (χ1v) is 6.60. The molecule has 7 heteroatoms. The maximum absolute atomic E-state index is 13.5. The minimum atomic E-state index is -1.14. The Morgan fingerprint density at radius 2 is 1.89 bits per heavy atom. The summed E-state index contributed by atoms with van der Waals surface area (Å²) in [4.78, 5) is 28.1. The van der Waals surface area contributed by atoms with Crippen molar-refractivity contribution < 1.29 is 18.7 Å². The molecule has 2 fully saturated rings. The number of hydrogen-bond acceptors (Lipinski definition) is 4. The molecule has 0 aromatic heterocycles. The number of ether oxygens (including phenoxy) is 1. The maximum atomic E-state index is 13.5. The fourth-order valence-corrected chi connectivity index (χ4v) is 2.47. The van der Waals surface area contributed by atoms with Crippen LogP contribution < -0.4 is 0 Å². The van der Waals surface area contributed by atoms with Crippen LogP contribution in [0.4, 0.5) is 9.18 Å². The van der Waals surface area contributed by atoms with Gasteiger partial charge in [-0.2, -0.15) is 0 Å². The number of methoxy groups -OCH3 is 1. The second-order valence-corrected chi connectivity index (χ2v) is 4.89. The van der Waals surface area contributed by atoms with Gasteiger partial charge in [-0.25, -0.2) is 9.18 Å². The summed E-state index contributed by atoms with van der Waals surface area (Å²) in [5, 5.41) is 0. The van der Waals surface area contributed by atoms with E-state index in [0.29, 0.717) is 39.1 Å². The second kappa shape index (κ2) is 6.18. The van der Waals surface area contributed by atoms with Gasteiger partial charge in [0.25, 0.3) is 0 Å². The number of urea groups is 1. The van der Waals surface area contributed by atoms with Crippen LogP contribution in [0.1, 0.15) is 12.8 Å². The molecule has 1 atom stereocenters. The number of piperazine rings is 1. The van der Waals surface area contributed by atoms with Crippen molar-refractivity contribution in [2.45, 2.75) is 19.1 Å². The molecule has 1 unspecified atom stereocenters. The number of nitrogens with zero attached hydrogens (tertiary/aromatic N) is 3. The van der Waals surface area contributed by atoms with Crippen molar-refractivity contribution in [3.05, 3.63) is 0 Å². The monoisotopic (exact) mass is 273 g/mol. The minimum Gasteiger partial charge on any atom is -0.468 e. The molecule has 108 valence electrons. The van der Waals surface area contributed by atoms with Gasteiger partial charge in [-0.3, -0.25) is 14.6 Å². The van der Waals surface area contributed by atoms with Gasteiger partial charge in [-0.15, -0.1) is 0 Å². The average Bonchev–Trinajstić information content (AvgIpc) is 2.85. The Morgan fingerprint density at radius 3 is 2.42 bits per heavy atom. The highest BCUT2D eigenvalue weighted by atomic mass is 19.1. The van der Waals surface area contributed by atoms with Crippen LogP contribution in [0.2, 0.25) is 0 Å². The van der Waals surface area contributed by atoms with Crippen molar-refractivity contribution in [1.82, 2.24) is 14.7 Å². The van der Waals surface area contributed by atoms with E-state index in [4.69, 9.17) is 0 Å². The highest BCUT2D eigenvalue weighted by Gasteiger charge is 2.33. The molecule has 2 aliphatic heterocycles. The van der Waals surface area contributed by atoms with E-state index >= 15 is 0 Å². The van der Waals surface area contributed by atoms with Gasteiger partial charge in [-0.05, 0) is 12.8 Å². The lowest BCUT2D eigenvalue weighted by atomic mass is 10.3. The van der Waals surface area contributed by atoms with Crippen molar-refractivity contribution in [1.29, 1.82) is 0 Å². The molecule has 0 bridgehead atoms. The molecule has 0 N–H and O–H groups in total. The van der Waals surface area contributed by atoms with Crippen LogP contribution >= 0.6 is 0 Å². The molecule has 19 heavy (non-hydrogen) atoms. The first-order chi connectivity index (χ1) is 9.11. The molecule has 2 saturated heterocycles. The van der Waals surface area contributed by atoms with Gasteiger partial charge in [0.15, 0.2) is 6.30 Å². The van der Waals surface area contributed by atoms with E-state index in [0.717, 1.165) is 6.42 Å². The normalized spacial score (nSPS) is 24.6. The summed E-state index contributed by atoms with van der Waals surface area (Å²) < 4.78 is 18.1. The summed E-state index contributed by atoms with van der Waals surface area (Å²) in [6.45, 7) is 3.03. The Bertz CT molecular complexity index is 345. The first kappa shape index (κ1) is 14.0. The first-order valence-electron chi connectivity index (χ1n) is 6.60. The summed E-state index contributed by atoms with van der Waals surface area (Å²) in [5.41, 5.74) is 0. The summed E-state index contributed by atoms with van der Waals surface area (Å²) >= 11 is 0. The van der Waals surface area contributed by atoms with Crippen LogP contribution in [0, 0.1) is 0 Å². The number of carbonyl (C=O) groups is 2. The van der Waals surface area contributed by atoms with E-state index in [2.05, 4.69) is 4.74 Å². The van der Waals surface area contributed by atoms with Crippen LogP contribution in [0.25, 0.3) is 0 Å². The molecule has 0 saturated carbocycles. The van der Waals surface area contributed by atoms with Crippen molar-refractivity contribution >= 4 is 12.0 Å². The van der Waals surface area contributed by atoms with E-state index in [1.165, 1.54) is 12.0 Å². The van der Waals surface area contributed by atoms with E-state index in [1.807, 2.05) is 4.90 Å². The van der Waals surface area contributed by atoms with Gasteiger partial charge in [-0.1, -0.05) is 0 Å². The smallest absolute Gasteiger partial charge is 0.322 e. The van der Waals surface area contributed by atoms with Crippen molar-refractivity contribution in [3.63, 3.8) is 0 Å². The zero-order valence-electron chi connectivity index (χ0n) is 11.2. The third kappa shape index (κ3) is 3.34. The van der Waals surface area contributed by atoms with Crippen LogP contribution in [-0.4, -0.2) is 79.4 Å². The average molecular weight is 273 g/mol. The molecule has 2 rings (SSSR count). The molecular weight excluding hydrogens is 253 g/mol. The van der Waals surface area contributed by atoms with Gasteiger partial charge in [0.05, 0.1) is 13.7 Å². The van der Waals surface area contributed by atoms with Crippen molar-refractivity contribution in [2.24, 2.45) is 0 Å². The molecule has 0 aliphatic carbocycles. The van der Waals surface area contributed by atoms with Crippen LogP contribution in [-0.2, 0) is 9.53 Å². The number of halogens is 1. The Labute approximate surface area is 112 Å². The quantitative estimate of drug-likeness (QED) is 0.536. The second-order valence-electron chi connectivity index (χ2n) is 4.89. The number of esters is 1. The minimum absolute atomic E-state index is 0.220. The highest BCUT2D eigenvalue weighted by molar-refractivity contribution is 5.75. The predicted octanol–water partition coefficient (Wildman–Crippen LogP) is 0.288. The summed E-state index contributed by atoms with van der Waals surface area (Å²) in [7, 11) is 1.36. The Hall–Kier alpha value is -1.37. The molecule has 0 aromatic carbocycles. The molecule has 0 radical (unpaired) electrons. The molecule has 2 aliphatic rings. The predicted molar refractivity (Wildman–Crippen MR) is 66.3 cm³/mol. The Morgan fingerprint density at radius 1 is 1.21 bits per heavy atom. The Balaban J connectivity index is 1.79. The lowest BCUT2D eigenvalue weighted by Gasteiger charge is -2.36. The van der Waals surface area contributed by atoms with E-state index in [1.54, 1.807) is 4.90 Å². The maximum Gasteiger partial charge on any atom is 0.322 e. The van der Waals surface area contributed by atoms with Gasteiger partial charge in [0.2, 0.25) is 0 Å². The molecule has 2 heterocycles. The van der Waals surface area contributed by atoms with Crippen LogP contribution in [0.3, 0.4) is 0 Å². The summed E-state index contributed by atoms with van der Waals surface area (Å²) in [5.74, 6) is -0.275. The molecule has 0 spiro atoms.